The van der Waals surface area contributed by atoms with Crippen LogP contribution in [0.3, 0.4) is 0 Å². The molecule has 1 unspecified atom stereocenters. The first-order valence-corrected chi connectivity index (χ1v) is 3.14. The second-order valence-electron chi connectivity index (χ2n) is 1.95. The smallest absolute Gasteiger partial charge is 0.203 e. The van der Waals surface area contributed by atoms with Crippen LogP contribution in [-0.4, -0.2) is 37.4 Å². The lowest BCUT2D eigenvalue weighted by Crippen LogP contribution is -2.39. The van der Waals surface area contributed by atoms with Crippen LogP contribution in [0.4, 0.5) is 0 Å². The quantitative estimate of drug-likeness (QED) is 0.162. The van der Waals surface area contributed by atoms with Gasteiger partial charge in [0.1, 0.15) is 6.04 Å². The fraction of sp³-hybridized carbons (Fsp3) is 0.800. The number of rotatable bonds is 4. The third kappa shape index (κ3) is 4.54. The number of nitrogens with two attached hydrogens (primary N) is 2. The first kappa shape index (κ1) is 10.2. The van der Waals surface area contributed by atoms with Crippen LogP contribution in [0.25, 0.3) is 0 Å². The molecule has 0 saturated heterocycles. The minimum atomic E-state index is -0.351. The summed E-state index contributed by atoms with van der Waals surface area (Å²) in [6.45, 7) is 0.203. The van der Waals surface area contributed by atoms with Gasteiger partial charge in [0.15, 0.2) is 0 Å². The Balaban J connectivity index is 3.84. The molecule has 0 aliphatic heterocycles. The van der Waals surface area contributed by atoms with Crippen LogP contribution in [0.2, 0.25) is 0 Å². The van der Waals surface area contributed by atoms with Crippen molar-refractivity contribution in [2.45, 2.75) is 6.04 Å². The lowest BCUT2D eigenvalue weighted by Gasteiger charge is -2.08. The predicted octanol–water partition coefficient (Wildman–Crippen LogP) is -2.23. The molecule has 0 amide bonds. The van der Waals surface area contributed by atoms with Gasteiger partial charge in [0, 0.05) is 7.11 Å². The maximum Gasteiger partial charge on any atom is 0.203 e. The molecule has 0 rings (SSSR count). The van der Waals surface area contributed by atoms with Crippen molar-refractivity contribution in [2.75, 3.05) is 20.3 Å². The van der Waals surface area contributed by atoms with Gasteiger partial charge in [-0.25, -0.2) is 10.8 Å². The molecule has 6 heteroatoms. The van der Waals surface area contributed by atoms with Crippen LogP contribution in [0, 0.1) is 0 Å². The molecule has 0 saturated carbocycles. The molecule has 6 N–H and O–H groups in total. The van der Waals surface area contributed by atoms with E-state index in [1.165, 1.54) is 7.11 Å². The zero-order valence-electron chi connectivity index (χ0n) is 6.45. The van der Waals surface area contributed by atoms with Crippen molar-refractivity contribution in [3.05, 3.63) is 0 Å². The van der Waals surface area contributed by atoms with E-state index in [0.29, 0.717) is 6.61 Å². The maximum absolute atomic E-state index is 8.69. The van der Waals surface area contributed by atoms with E-state index >= 15 is 0 Å². The van der Waals surface area contributed by atoms with Gasteiger partial charge in [0.05, 0.1) is 13.2 Å². The topological polar surface area (TPSA) is 106 Å². The Bertz CT molecular complexity index is 128. The molecular formula is C5H14N4O2. The molecule has 0 radical (unpaired) electrons. The fourth-order valence-electron chi connectivity index (χ4n) is 0.557. The normalized spacial score (nSPS) is 14.6. The standard InChI is InChI=1S/C5H14N4O2/c1-11-3-4(2-10)8-5(6)9-7/h4,10H,2-3,7H2,1H3,(H3,6,8,9). The number of guanidine groups is 1. The third-order valence-electron chi connectivity index (χ3n) is 1.04. The molecule has 0 aliphatic carbocycles. The van der Waals surface area contributed by atoms with Gasteiger partial charge in [-0.15, -0.1) is 0 Å². The highest BCUT2D eigenvalue weighted by Gasteiger charge is 2.03. The van der Waals surface area contributed by atoms with Crippen LogP contribution < -0.4 is 17.0 Å². The van der Waals surface area contributed by atoms with E-state index in [9.17, 15) is 0 Å². The monoisotopic (exact) mass is 162 g/mol. The van der Waals surface area contributed by atoms with E-state index in [0.717, 1.165) is 0 Å². The summed E-state index contributed by atoms with van der Waals surface area (Å²) < 4.78 is 4.75. The third-order valence-corrected chi connectivity index (χ3v) is 1.04. The van der Waals surface area contributed by atoms with Crippen molar-refractivity contribution in [2.24, 2.45) is 16.6 Å². The van der Waals surface area contributed by atoms with Gasteiger partial charge >= 0.3 is 0 Å². The van der Waals surface area contributed by atoms with Crippen molar-refractivity contribution in [1.82, 2.24) is 5.43 Å². The Hall–Kier alpha value is -0.850. The number of hydrogen-bond acceptors (Lipinski definition) is 4. The number of aliphatic imine (C=N–C) groups is 1. The zero-order valence-corrected chi connectivity index (χ0v) is 6.45. The molecule has 6 nitrogen and oxygen atoms in total. The summed E-state index contributed by atoms with van der Waals surface area (Å²) in [7, 11) is 1.52. The van der Waals surface area contributed by atoms with Gasteiger partial charge in [-0.3, -0.25) is 5.43 Å². The van der Waals surface area contributed by atoms with Crippen molar-refractivity contribution in [3.8, 4) is 0 Å². The van der Waals surface area contributed by atoms with Crippen LogP contribution in [0.5, 0.6) is 0 Å². The molecular weight excluding hydrogens is 148 g/mol. The highest BCUT2D eigenvalue weighted by Crippen LogP contribution is 1.88. The van der Waals surface area contributed by atoms with E-state index in [2.05, 4.69) is 10.4 Å². The molecule has 1 atom stereocenters. The first-order chi connectivity index (χ1) is 5.24. The lowest BCUT2D eigenvalue weighted by molar-refractivity contribution is 0.146. The van der Waals surface area contributed by atoms with Crippen LogP contribution >= 0.6 is 0 Å². The number of nitrogens with one attached hydrogen (secondary N) is 1. The van der Waals surface area contributed by atoms with Crippen LogP contribution in [-0.2, 0) is 4.74 Å². The Kier molecular flexibility index (Phi) is 5.44. The second-order valence-corrected chi connectivity index (χ2v) is 1.95. The summed E-state index contributed by atoms with van der Waals surface area (Å²) in [6, 6.07) is -0.351. The number of hydrogen-bond donors (Lipinski definition) is 4. The summed E-state index contributed by atoms with van der Waals surface area (Å²) in [4.78, 5) is 3.79. The van der Waals surface area contributed by atoms with Crippen molar-refractivity contribution < 1.29 is 9.84 Å². The Morgan fingerprint density at radius 1 is 1.82 bits per heavy atom. The summed E-state index contributed by atoms with van der Waals surface area (Å²) in [5.41, 5.74) is 7.38. The van der Waals surface area contributed by atoms with E-state index < -0.39 is 0 Å². The average molecular weight is 162 g/mol. The van der Waals surface area contributed by atoms with Gasteiger partial charge in [-0.1, -0.05) is 0 Å². The summed E-state index contributed by atoms with van der Waals surface area (Å²) in [5.74, 6) is 5.03. The van der Waals surface area contributed by atoms with Gasteiger partial charge in [0.2, 0.25) is 5.96 Å². The van der Waals surface area contributed by atoms with E-state index in [1.54, 1.807) is 0 Å². The highest BCUT2D eigenvalue weighted by atomic mass is 16.5. The van der Waals surface area contributed by atoms with Crippen molar-refractivity contribution >= 4 is 5.96 Å². The summed E-state index contributed by atoms with van der Waals surface area (Å²) >= 11 is 0. The van der Waals surface area contributed by atoms with E-state index in [4.69, 9.17) is 21.4 Å². The highest BCUT2D eigenvalue weighted by molar-refractivity contribution is 5.77. The predicted molar refractivity (Wildman–Crippen MR) is 41.7 cm³/mol. The van der Waals surface area contributed by atoms with Crippen molar-refractivity contribution in [1.29, 1.82) is 0 Å². The van der Waals surface area contributed by atoms with E-state index in [1.807, 2.05) is 0 Å². The molecule has 0 fully saturated rings. The molecule has 0 heterocycles. The van der Waals surface area contributed by atoms with Crippen LogP contribution in [0.1, 0.15) is 0 Å². The van der Waals surface area contributed by atoms with Crippen molar-refractivity contribution in [3.63, 3.8) is 0 Å². The minimum absolute atomic E-state index is 0.0844. The number of ether oxygens (including phenoxy) is 1. The Labute approximate surface area is 65.2 Å². The first-order valence-electron chi connectivity index (χ1n) is 3.14. The molecule has 0 aliphatic rings. The summed E-state index contributed by atoms with van der Waals surface area (Å²) in [6.07, 6.45) is 0. The Morgan fingerprint density at radius 2 is 2.45 bits per heavy atom. The SMILES string of the molecule is COCC(CO)N=C(N)NN. The fourth-order valence-corrected chi connectivity index (χ4v) is 0.557. The largest absolute Gasteiger partial charge is 0.394 e. The molecule has 66 valence electrons. The summed E-state index contributed by atoms with van der Waals surface area (Å²) in [5, 5.41) is 8.69. The van der Waals surface area contributed by atoms with Gasteiger partial charge in [-0.2, -0.15) is 0 Å². The van der Waals surface area contributed by atoms with Gasteiger partial charge < -0.3 is 15.6 Å². The molecule has 0 aromatic rings. The van der Waals surface area contributed by atoms with E-state index in [-0.39, 0.29) is 18.6 Å². The molecule has 0 aromatic heterocycles. The number of nitrogens with zero attached hydrogens (tertiary/aromatic N) is 1. The zero-order chi connectivity index (χ0) is 8.69. The number of methoxy groups -OCH3 is 1. The number of hydrazine groups is 1. The van der Waals surface area contributed by atoms with Gasteiger partial charge in [0.25, 0.3) is 0 Å². The average Bonchev–Trinajstić information content (AvgIpc) is 2.03. The maximum atomic E-state index is 8.69. The van der Waals surface area contributed by atoms with Crippen LogP contribution in [0.15, 0.2) is 4.99 Å². The molecule has 0 spiro atoms. The molecule has 11 heavy (non-hydrogen) atoms. The molecule has 0 aromatic carbocycles. The number of aliphatic hydroxyl groups excluding tert-OH is 1. The lowest BCUT2D eigenvalue weighted by atomic mass is 10.3. The Morgan fingerprint density at radius 3 is 2.82 bits per heavy atom. The molecule has 0 bridgehead atoms. The minimum Gasteiger partial charge on any atom is -0.394 e. The number of aliphatic hydroxyl groups is 1. The second kappa shape index (κ2) is 5.90. The van der Waals surface area contributed by atoms with Gasteiger partial charge in [-0.05, 0) is 0 Å².